The van der Waals surface area contributed by atoms with E-state index in [1.165, 1.54) is 0 Å². The molecule has 6 nitrogen and oxygen atoms in total. The minimum atomic E-state index is -0.220. The number of ether oxygens (including phenoxy) is 1. The highest BCUT2D eigenvalue weighted by atomic mass is 16.5. The van der Waals surface area contributed by atoms with Crippen LogP contribution in [0.3, 0.4) is 0 Å². The molecular weight excluding hydrogens is 232 g/mol. The fourth-order valence-corrected chi connectivity index (χ4v) is 1.92. The van der Waals surface area contributed by atoms with Crippen LogP contribution in [0.5, 0.6) is 5.88 Å². The zero-order chi connectivity index (χ0) is 13.0. The van der Waals surface area contributed by atoms with Crippen LogP contribution in [0.2, 0.25) is 0 Å². The summed E-state index contributed by atoms with van der Waals surface area (Å²) in [7, 11) is 0. The maximum absolute atomic E-state index is 11.6. The first kappa shape index (κ1) is 12.6. The van der Waals surface area contributed by atoms with Gasteiger partial charge in [-0.25, -0.2) is 4.98 Å². The molecule has 0 aliphatic carbocycles. The van der Waals surface area contributed by atoms with Crippen molar-refractivity contribution in [2.24, 2.45) is 0 Å². The Morgan fingerprint density at radius 3 is 3.11 bits per heavy atom. The highest BCUT2D eigenvalue weighted by Gasteiger charge is 2.22. The number of rotatable bonds is 4. The van der Waals surface area contributed by atoms with Crippen molar-refractivity contribution in [1.29, 1.82) is 0 Å². The Labute approximate surface area is 106 Å². The molecule has 98 valence electrons. The Morgan fingerprint density at radius 2 is 2.39 bits per heavy atom. The normalized spacial score (nSPS) is 19.2. The molecule has 0 bridgehead atoms. The van der Waals surface area contributed by atoms with Gasteiger partial charge in [0, 0.05) is 12.6 Å². The van der Waals surface area contributed by atoms with Crippen LogP contribution >= 0.6 is 0 Å². The van der Waals surface area contributed by atoms with Crippen LogP contribution in [0.1, 0.15) is 25.6 Å². The molecule has 1 atom stereocenters. The molecule has 0 aromatic carbocycles. The first-order valence-electron chi connectivity index (χ1n) is 6.21. The predicted molar refractivity (Wildman–Crippen MR) is 67.6 cm³/mol. The number of aryl methyl sites for hydroxylation is 1. The van der Waals surface area contributed by atoms with Gasteiger partial charge in [-0.3, -0.25) is 4.79 Å². The summed E-state index contributed by atoms with van der Waals surface area (Å²) in [6.07, 6.45) is 1.80. The second-order valence-corrected chi connectivity index (χ2v) is 4.20. The lowest BCUT2D eigenvalue weighted by molar-refractivity contribution is -0.123. The number of carbonyl (C=O) groups excluding carboxylic acids is 1. The van der Waals surface area contributed by atoms with Gasteiger partial charge in [-0.2, -0.15) is 4.98 Å². The summed E-state index contributed by atoms with van der Waals surface area (Å²) in [5.74, 6) is 1.81. The van der Waals surface area contributed by atoms with Crippen molar-refractivity contribution in [1.82, 2.24) is 15.3 Å². The van der Waals surface area contributed by atoms with Crippen LogP contribution in [0.4, 0.5) is 5.82 Å². The van der Waals surface area contributed by atoms with E-state index in [1.807, 2.05) is 6.92 Å². The van der Waals surface area contributed by atoms with Crippen molar-refractivity contribution in [2.75, 3.05) is 18.5 Å². The van der Waals surface area contributed by atoms with E-state index in [2.05, 4.69) is 20.6 Å². The summed E-state index contributed by atoms with van der Waals surface area (Å²) in [6, 6.07) is 1.50. The van der Waals surface area contributed by atoms with Crippen LogP contribution in [0, 0.1) is 6.92 Å². The van der Waals surface area contributed by atoms with Crippen LogP contribution in [-0.2, 0) is 4.79 Å². The SMILES string of the molecule is CCOc1cc(NC2CCCNC2=O)nc(C)n1. The lowest BCUT2D eigenvalue weighted by Gasteiger charge is -2.23. The summed E-state index contributed by atoms with van der Waals surface area (Å²) in [5, 5.41) is 5.96. The minimum Gasteiger partial charge on any atom is -0.478 e. The standard InChI is InChI=1S/C12H18N4O2/c1-3-18-11-7-10(14-8(2)15-11)16-9-5-4-6-13-12(9)17/h7,9H,3-6H2,1-2H3,(H,13,17)(H,14,15,16). The molecule has 1 aliphatic rings. The summed E-state index contributed by atoms with van der Waals surface area (Å²) < 4.78 is 5.35. The Kier molecular flexibility index (Phi) is 3.96. The number of nitrogens with zero attached hydrogens (tertiary/aromatic N) is 2. The van der Waals surface area contributed by atoms with Crippen molar-refractivity contribution in [3.8, 4) is 5.88 Å². The second kappa shape index (κ2) is 5.66. The molecule has 18 heavy (non-hydrogen) atoms. The summed E-state index contributed by atoms with van der Waals surface area (Å²) in [4.78, 5) is 20.1. The molecule has 0 saturated carbocycles. The Morgan fingerprint density at radius 1 is 1.56 bits per heavy atom. The first-order chi connectivity index (χ1) is 8.69. The van der Waals surface area contributed by atoms with Gasteiger partial charge in [-0.15, -0.1) is 0 Å². The van der Waals surface area contributed by atoms with Gasteiger partial charge in [0.25, 0.3) is 0 Å². The zero-order valence-corrected chi connectivity index (χ0v) is 10.7. The van der Waals surface area contributed by atoms with Crippen molar-refractivity contribution >= 4 is 11.7 Å². The molecule has 2 N–H and O–H groups in total. The third kappa shape index (κ3) is 3.09. The monoisotopic (exact) mass is 250 g/mol. The van der Waals surface area contributed by atoms with E-state index in [4.69, 9.17) is 4.74 Å². The second-order valence-electron chi connectivity index (χ2n) is 4.20. The fraction of sp³-hybridized carbons (Fsp3) is 0.583. The number of piperidine rings is 1. The Hall–Kier alpha value is -1.85. The van der Waals surface area contributed by atoms with Crippen molar-refractivity contribution in [3.05, 3.63) is 11.9 Å². The van der Waals surface area contributed by atoms with Crippen LogP contribution < -0.4 is 15.4 Å². The molecule has 1 aliphatic heterocycles. The molecule has 1 aromatic rings. The van der Waals surface area contributed by atoms with Gasteiger partial charge in [0.05, 0.1) is 6.61 Å². The maximum atomic E-state index is 11.6. The Balaban J connectivity index is 2.10. The van der Waals surface area contributed by atoms with E-state index in [-0.39, 0.29) is 11.9 Å². The minimum absolute atomic E-state index is 0.0236. The number of amides is 1. The van der Waals surface area contributed by atoms with E-state index in [0.29, 0.717) is 24.1 Å². The molecule has 1 aromatic heterocycles. The zero-order valence-electron chi connectivity index (χ0n) is 10.7. The molecular formula is C12H18N4O2. The lowest BCUT2D eigenvalue weighted by atomic mass is 10.1. The molecule has 6 heteroatoms. The molecule has 1 fully saturated rings. The molecule has 0 spiro atoms. The fourth-order valence-electron chi connectivity index (χ4n) is 1.92. The van der Waals surface area contributed by atoms with Crippen LogP contribution in [-0.4, -0.2) is 35.1 Å². The lowest BCUT2D eigenvalue weighted by Crippen LogP contribution is -2.44. The van der Waals surface area contributed by atoms with Crippen LogP contribution in [0.15, 0.2) is 6.07 Å². The largest absolute Gasteiger partial charge is 0.478 e. The van der Waals surface area contributed by atoms with Gasteiger partial charge in [0.15, 0.2) is 0 Å². The molecule has 1 amide bonds. The van der Waals surface area contributed by atoms with E-state index >= 15 is 0 Å². The average Bonchev–Trinajstić information content (AvgIpc) is 2.32. The molecule has 0 radical (unpaired) electrons. The summed E-state index contributed by atoms with van der Waals surface area (Å²) in [5.41, 5.74) is 0. The van der Waals surface area contributed by atoms with E-state index in [9.17, 15) is 4.79 Å². The number of hydrogen-bond acceptors (Lipinski definition) is 5. The molecule has 1 unspecified atom stereocenters. The summed E-state index contributed by atoms with van der Waals surface area (Å²) >= 11 is 0. The van der Waals surface area contributed by atoms with Gasteiger partial charge in [-0.1, -0.05) is 0 Å². The third-order valence-corrected chi connectivity index (χ3v) is 2.71. The summed E-state index contributed by atoms with van der Waals surface area (Å²) in [6.45, 7) is 5.01. The van der Waals surface area contributed by atoms with Crippen molar-refractivity contribution in [3.63, 3.8) is 0 Å². The number of hydrogen-bond donors (Lipinski definition) is 2. The average molecular weight is 250 g/mol. The Bertz CT molecular complexity index is 436. The molecule has 1 saturated heterocycles. The van der Waals surface area contributed by atoms with E-state index in [0.717, 1.165) is 19.4 Å². The van der Waals surface area contributed by atoms with Crippen molar-refractivity contribution in [2.45, 2.75) is 32.7 Å². The molecule has 2 heterocycles. The van der Waals surface area contributed by atoms with E-state index in [1.54, 1.807) is 13.0 Å². The van der Waals surface area contributed by atoms with Gasteiger partial charge in [-0.05, 0) is 26.7 Å². The number of aromatic nitrogens is 2. The van der Waals surface area contributed by atoms with Gasteiger partial charge < -0.3 is 15.4 Å². The van der Waals surface area contributed by atoms with Gasteiger partial charge in [0.2, 0.25) is 11.8 Å². The number of anilines is 1. The quantitative estimate of drug-likeness (QED) is 0.829. The van der Waals surface area contributed by atoms with E-state index < -0.39 is 0 Å². The van der Waals surface area contributed by atoms with Crippen molar-refractivity contribution < 1.29 is 9.53 Å². The predicted octanol–water partition coefficient (Wildman–Crippen LogP) is 0.874. The highest BCUT2D eigenvalue weighted by Crippen LogP contribution is 2.16. The third-order valence-electron chi connectivity index (χ3n) is 2.71. The maximum Gasteiger partial charge on any atom is 0.242 e. The van der Waals surface area contributed by atoms with Crippen LogP contribution in [0.25, 0.3) is 0 Å². The van der Waals surface area contributed by atoms with Gasteiger partial charge in [0.1, 0.15) is 17.7 Å². The molecule has 2 rings (SSSR count). The first-order valence-corrected chi connectivity index (χ1v) is 6.21. The smallest absolute Gasteiger partial charge is 0.242 e. The topological polar surface area (TPSA) is 76.1 Å². The number of nitrogens with one attached hydrogen (secondary N) is 2. The number of carbonyl (C=O) groups is 1. The van der Waals surface area contributed by atoms with Gasteiger partial charge >= 0.3 is 0 Å². The highest BCUT2D eigenvalue weighted by molar-refractivity contribution is 5.84.